The topological polar surface area (TPSA) is 32.3 Å². The first-order valence-electron chi connectivity index (χ1n) is 7.95. The van der Waals surface area contributed by atoms with E-state index in [2.05, 4.69) is 40.9 Å². The van der Waals surface area contributed by atoms with Crippen LogP contribution in [0.15, 0.2) is 24.5 Å². The number of aryl methyl sites for hydroxylation is 1. The van der Waals surface area contributed by atoms with Crippen molar-refractivity contribution >= 4 is 16.6 Å². The second-order valence-corrected chi connectivity index (χ2v) is 5.18. The predicted molar refractivity (Wildman–Crippen MR) is 90.0 cm³/mol. The molecule has 0 N–H and O–H groups in total. The summed E-state index contributed by atoms with van der Waals surface area (Å²) in [7, 11) is 2.17. The zero-order chi connectivity index (χ0) is 15.2. The van der Waals surface area contributed by atoms with Crippen molar-refractivity contribution in [2.75, 3.05) is 38.1 Å². The predicted octanol–water partition coefficient (Wildman–Crippen LogP) is 2.97. The third-order valence-corrected chi connectivity index (χ3v) is 3.83. The lowest BCUT2D eigenvalue weighted by molar-refractivity contribution is 0.312. The van der Waals surface area contributed by atoms with Crippen LogP contribution >= 0.6 is 0 Å². The highest BCUT2D eigenvalue weighted by Crippen LogP contribution is 2.26. The lowest BCUT2D eigenvalue weighted by Gasteiger charge is -2.34. The van der Waals surface area contributed by atoms with Gasteiger partial charge >= 0.3 is 0 Å². The van der Waals surface area contributed by atoms with Crippen LogP contribution in [0.3, 0.4) is 0 Å². The number of aromatic nitrogens is 2. The minimum atomic E-state index is 0.971. The molecule has 0 spiro atoms. The lowest BCUT2D eigenvalue weighted by Crippen LogP contribution is -2.45. The van der Waals surface area contributed by atoms with E-state index in [1.54, 1.807) is 0 Å². The van der Waals surface area contributed by atoms with Gasteiger partial charge in [-0.15, -0.1) is 0 Å². The van der Waals surface area contributed by atoms with Crippen LogP contribution in [0, 0.1) is 0 Å². The molecule has 0 radical (unpaired) electrons. The van der Waals surface area contributed by atoms with E-state index in [1.165, 1.54) is 10.8 Å². The van der Waals surface area contributed by atoms with Gasteiger partial charge in [0.15, 0.2) is 0 Å². The molecule has 0 bridgehead atoms. The van der Waals surface area contributed by atoms with Crippen LogP contribution in [0.25, 0.3) is 10.8 Å². The van der Waals surface area contributed by atoms with Gasteiger partial charge in [0.05, 0.1) is 0 Å². The Morgan fingerprint density at radius 3 is 2.52 bits per heavy atom. The molecular weight excluding hydrogens is 260 g/mol. The first kappa shape index (κ1) is 15.7. The summed E-state index contributed by atoms with van der Waals surface area (Å²) in [5.41, 5.74) is 1.16. The van der Waals surface area contributed by atoms with Crippen molar-refractivity contribution in [1.82, 2.24) is 14.9 Å². The summed E-state index contributed by atoms with van der Waals surface area (Å²) in [6, 6.07) is 4.26. The van der Waals surface area contributed by atoms with Crippen molar-refractivity contribution < 1.29 is 0 Å². The Kier molecular flexibility index (Phi) is 5.51. The van der Waals surface area contributed by atoms with Gasteiger partial charge in [-0.3, -0.25) is 4.98 Å². The second-order valence-electron chi connectivity index (χ2n) is 5.18. The molecule has 0 saturated carbocycles. The molecule has 0 unspecified atom stereocenters. The fourth-order valence-corrected chi connectivity index (χ4v) is 2.57. The SMILES string of the molecule is CC.CCc1cc2ccncc2c(N2CCN(C)CC2)n1. The molecule has 114 valence electrons. The van der Waals surface area contributed by atoms with Gasteiger partial charge in [-0.2, -0.15) is 0 Å². The van der Waals surface area contributed by atoms with Gasteiger partial charge in [-0.05, 0) is 31.0 Å². The zero-order valence-corrected chi connectivity index (χ0v) is 13.6. The standard InChI is InChI=1S/C15H20N4.C2H6/c1-3-13-10-12-4-5-16-11-14(12)15(17-13)19-8-6-18(2)7-9-19;1-2/h4-5,10-11H,3,6-9H2,1-2H3;1-2H3. The van der Waals surface area contributed by atoms with Crippen molar-refractivity contribution in [2.24, 2.45) is 0 Å². The zero-order valence-electron chi connectivity index (χ0n) is 13.6. The van der Waals surface area contributed by atoms with Crippen LogP contribution < -0.4 is 4.90 Å². The van der Waals surface area contributed by atoms with Crippen LogP contribution in [0.4, 0.5) is 5.82 Å². The summed E-state index contributed by atoms with van der Waals surface area (Å²) >= 11 is 0. The van der Waals surface area contributed by atoms with Crippen LogP contribution in [-0.2, 0) is 6.42 Å². The van der Waals surface area contributed by atoms with Crippen molar-refractivity contribution in [2.45, 2.75) is 27.2 Å². The van der Waals surface area contributed by atoms with Crippen LogP contribution in [0.5, 0.6) is 0 Å². The third kappa shape index (κ3) is 3.50. The monoisotopic (exact) mass is 286 g/mol. The highest BCUT2D eigenvalue weighted by atomic mass is 15.3. The second kappa shape index (κ2) is 7.36. The Morgan fingerprint density at radius 2 is 1.86 bits per heavy atom. The number of anilines is 1. The number of rotatable bonds is 2. The van der Waals surface area contributed by atoms with E-state index in [0.717, 1.165) is 44.1 Å². The van der Waals surface area contributed by atoms with Gasteiger partial charge in [0.2, 0.25) is 0 Å². The number of piperazine rings is 1. The van der Waals surface area contributed by atoms with Gasteiger partial charge in [-0.25, -0.2) is 4.98 Å². The lowest BCUT2D eigenvalue weighted by atomic mass is 10.1. The van der Waals surface area contributed by atoms with Crippen molar-refractivity contribution in [3.8, 4) is 0 Å². The quantitative estimate of drug-likeness (QED) is 0.849. The fraction of sp³-hybridized carbons (Fsp3) is 0.529. The van der Waals surface area contributed by atoms with E-state index in [1.807, 2.05) is 26.2 Å². The van der Waals surface area contributed by atoms with Gasteiger partial charge in [-0.1, -0.05) is 20.8 Å². The molecule has 3 rings (SSSR count). The van der Waals surface area contributed by atoms with Crippen molar-refractivity contribution in [1.29, 1.82) is 0 Å². The smallest absolute Gasteiger partial charge is 0.138 e. The average molecular weight is 286 g/mol. The summed E-state index contributed by atoms with van der Waals surface area (Å²) in [4.78, 5) is 13.9. The van der Waals surface area contributed by atoms with E-state index in [0.29, 0.717) is 0 Å². The largest absolute Gasteiger partial charge is 0.353 e. The minimum absolute atomic E-state index is 0.971. The molecule has 21 heavy (non-hydrogen) atoms. The number of hydrogen-bond donors (Lipinski definition) is 0. The normalized spacial score (nSPS) is 15.7. The van der Waals surface area contributed by atoms with E-state index in [4.69, 9.17) is 4.98 Å². The van der Waals surface area contributed by atoms with Gasteiger partial charge in [0.1, 0.15) is 5.82 Å². The first-order valence-corrected chi connectivity index (χ1v) is 7.95. The first-order chi connectivity index (χ1) is 10.3. The van der Waals surface area contributed by atoms with Crippen LogP contribution in [0.1, 0.15) is 26.5 Å². The highest BCUT2D eigenvalue weighted by molar-refractivity contribution is 5.91. The molecule has 1 aliphatic heterocycles. The number of nitrogens with zero attached hydrogens (tertiary/aromatic N) is 4. The molecule has 4 nitrogen and oxygen atoms in total. The molecule has 0 amide bonds. The number of fused-ring (bicyclic) bond motifs is 1. The Labute approximate surface area is 127 Å². The molecular formula is C17H26N4. The van der Waals surface area contributed by atoms with Crippen LogP contribution in [-0.4, -0.2) is 48.1 Å². The molecule has 0 aliphatic carbocycles. The summed E-state index contributed by atoms with van der Waals surface area (Å²) in [6.45, 7) is 10.4. The molecule has 1 aliphatic rings. The van der Waals surface area contributed by atoms with Gasteiger partial charge in [0.25, 0.3) is 0 Å². The fourth-order valence-electron chi connectivity index (χ4n) is 2.57. The van der Waals surface area contributed by atoms with Crippen LogP contribution in [0.2, 0.25) is 0 Å². The Bertz CT molecular complexity index is 574. The van der Waals surface area contributed by atoms with Gasteiger partial charge in [0, 0.05) is 49.7 Å². The highest BCUT2D eigenvalue weighted by Gasteiger charge is 2.18. The average Bonchev–Trinajstić information content (AvgIpc) is 2.56. The third-order valence-electron chi connectivity index (χ3n) is 3.83. The maximum atomic E-state index is 4.84. The van der Waals surface area contributed by atoms with Crippen molar-refractivity contribution in [3.63, 3.8) is 0 Å². The van der Waals surface area contributed by atoms with Gasteiger partial charge < -0.3 is 9.80 Å². The summed E-state index contributed by atoms with van der Waals surface area (Å²) < 4.78 is 0. The Hall–Kier alpha value is -1.68. The van der Waals surface area contributed by atoms with E-state index < -0.39 is 0 Å². The van der Waals surface area contributed by atoms with E-state index in [-0.39, 0.29) is 0 Å². The Morgan fingerprint density at radius 1 is 1.14 bits per heavy atom. The molecule has 3 heterocycles. The van der Waals surface area contributed by atoms with Crippen molar-refractivity contribution in [3.05, 3.63) is 30.2 Å². The molecule has 0 atom stereocenters. The number of hydrogen-bond acceptors (Lipinski definition) is 4. The molecule has 4 heteroatoms. The summed E-state index contributed by atoms with van der Waals surface area (Å²) in [5, 5.41) is 2.42. The Balaban J connectivity index is 0.000000774. The molecule has 2 aromatic rings. The minimum Gasteiger partial charge on any atom is -0.353 e. The maximum absolute atomic E-state index is 4.84. The molecule has 1 saturated heterocycles. The van der Waals surface area contributed by atoms with E-state index >= 15 is 0 Å². The molecule has 1 fully saturated rings. The summed E-state index contributed by atoms with van der Waals surface area (Å²) in [6.07, 6.45) is 4.77. The molecule has 2 aromatic heterocycles. The molecule has 0 aromatic carbocycles. The number of likely N-dealkylation sites (N-methyl/N-ethyl adjacent to an activating group) is 1. The van der Waals surface area contributed by atoms with E-state index in [9.17, 15) is 0 Å². The maximum Gasteiger partial charge on any atom is 0.138 e. The summed E-state index contributed by atoms with van der Waals surface area (Å²) in [5.74, 6) is 1.11. The number of pyridine rings is 2.